The molecule has 4 nitrogen and oxygen atoms in total. The van der Waals surface area contributed by atoms with Gasteiger partial charge < -0.3 is 15.4 Å². The molecule has 0 aromatic heterocycles. The van der Waals surface area contributed by atoms with Crippen molar-refractivity contribution in [2.45, 2.75) is 38.1 Å². The van der Waals surface area contributed by atoms with Gasteiger partial charge in [0.2, 0.25) is 0 Å². The van der Waals surface area contributed by atoms with E-state index in [0.29, 0.717) is 4.47 Å². The van der Waals surface area contributed by atoms with Crippen LogP contribution in [0.5, 0.6) is 5.75 Å². The summed E-state index contributed by atoms with van der Waals surface area (Å²) in [5.41, 5.74) is -0.0361. The molecule has 1 saturated carbocycles. The number of hydrogen-bond acceptors (Lipinski definition) is 2. The lowest BCUT2D eigenvalue weighted by Gasteiger charge is -2.16. The van der Waals surface area contributed by atoms with Crippen LogP contribution in [0, 0.1) is 0 Å². The fourth-order valence-corrected chi connectivity index (χ4v) is 2.56. The Morgan fingerprint density at radius 1 is 1.29 bits per heavy atom. The van der Waals surface area contributed by atoms with Crippen molar-refractivity contribution >= 4 is 27.6 Å². The van der Waals surface area contributed by atoms with Gasteiger partial charge in [-0.3, -0.25) is 0 Å². The van der Waals surface area contributed by atoms with Gasteiger partial charge in [-0.1, -0.05) is 28.8 Å². The SMILES string of the molecule is O=C(Nc1ccc(Br)cc1OC(F)(F)F)NC1CCCC1. The van der Waals surface area contributed by atoms with Crippen molar-refractivity contribution in [2.75, 3.05) is 5.32 Å². The maximum absolute atomic E-state index is 12.4. The Morgan fingerprint density at radius 2 is 1.95 bits per heavy atom. The topological polar surface area (TPSA) is 50.4 Å². The number of carbonyl (C=O) groups is 1. The summed E-state index contributed by atoms with van der Waals surface area (Å²) in [7, 11) is 0. The first kappa shape index (κ1) is 15.9. The van der Waals surface area contributed by atoms with Gasteiger partial charge in [0.15, 0.2) is 5.75 Å². The molecule has 0 heterocycles. The largest absolute Gasteiger partial charge is 0.573 e. The van der Waals surface area contributed by atoms with Crippen molar-refractivity contribution in [3.63, 3.8) is 0 Å². The monoisotopic (exact) mass is 366 g/mol. The number of halogens is 4. The molecule has 1 aliphatic carbocycles. The highest BCUT2D eigenvalue weighted by Crippen LogP contribution is 2.33. The van der Waals surface area contributed by atoms with Crippen LogP contribution in [0.2, 0.25) is 0 Å². The summed E-state index contributed by atoms with van der Waals surface area (Å²) >= 11 is 3.07. The molecule has 2 N–H and O–H groups in total. The number of hydrogen-bond donors (Lipinski definition) is 2. The number of rotatable bonds is 3. The summed E-state index contributed by atoms with van der Waals surface area (Å²) in [5, 5.41) is 5.12. The number of alkyl halides is 3. The van der Waals surface area contributed by atoms with E-state index < -0.39 is 18.1 Å². The standard InChI is InChI=1S/C13H14BrF3N2O2/c14-8-5-6-10(11(7-8)21-13(15,16)17)19-12(20)18-9-3-1-2-4-9/h5-7,9H,1-4H2,(H2,18,19,20). The van der Waals surface area contributed by atoms with Crippen molar-refractivity contribution in [3.05, 3.63) is 22.7 Å². The van der Waals surface area contributed by atoms with E-state index in [4.69, 9.17) is 0 Å². The minimum absolute atomic E-state index is 0.0361. The maximum atomic E-state index is 12.4. The second-order valence-corrected chi connectivity index (χ2v) is 5.68. The van der Waals surface area contributed by atoms with Crippen LogP contribution in [0.25, 0.3) is 0 Å². The highest BCUT2D eigenvalue weighted by Gasteiger charge is 2.32. The van der Waals surface area contributed by atoms with Gasteiger partial charge in [-0.25, -0.2) is 4.79 Å². The van der Waals surface area contributed by atoms with E-state index in [2.05, 4.69) is 31.3 Å². The normalized spacial score (nSPS) is 15.8. The minimum atomic E-state index is -4.82. The van der Waals surface area contributed by atoms with E-state index in [1.54, 1.807) is 0 Å². The molecule has 0 radical (unpaired) electrons. The van der Waals surface area contributed by atoms with Crippen LogP contribution in [0.15, 0.2) is 22.7 Å². The molecule has 0 aliphatic heterocycles. The predicted octanol–water partition coefficient (Wildman–Crippen LogP) is 4.41. The van der Waals surface area contributed by atoms with E-state index in [-0.39, 0.29) is 11.7 Å². The van der Waals surface area contributed by atoms with Crippen LogP contribution in [-0.2, 0) is 0 Å². The molecule has 0 bridgehead atoms. The van der Waals surface area contributed by atoms with Crippen molar-refractivity contribution in [2.24, 2.45) is 0 Å². The Morgan fingerprint density at radius 3 is 2.57 bits per heavy atom. The van der Waals surface area contributed by atoms with E-state index >= 15 is 0 Å². The third-order valence-corrected chi connectivity index (χ3v) is 3.60. The summed E-state index contributed by atoms with van der Waals surface area (Å²) in [6.07, 6.45) is -0.949. The molecule has 21 heavy (non-hydrogen) atoms. The van der Waals surface area contributed by atoms with Crippen molar-refractivity contribution in [1.82, 2.24) is 5.32 Å². The molecule has 1 fully saturated rings. The van der Waals surface area contributed by atoms with Crippen molar-refractivity contribution in [3.8, 4) is 5.75 Å². The van der Waals surface area contributed by atoms with E-state index in [9.17, 15) is 18.0 Å². The number of carbonyl (C=O) groups excluding carboxylic acids is 1. The molecular formula is C13H14BrF3N2O2. The van der Waals surface area contributed by atoms with Crippen LogP contribution >= 0.6 is 15.9 Å². The quantitative estimate of drug-likeness (QED) is 0.832. The van der Waals surface area contributed by atoms with Gasteiger partial charge in [0.1, 0.15) is 0 Å². The van der Waals surface area contributed by atoms with E-state index in [1.165, 1.54) is 12.1 Å². The Balaban J connectivity index is 2.05. The molecule has 2 amide bonds. The van der Waals surface area contributed by atoms with Gasteiger partial charge in [0.05, 0.1) is 5.69 Å². The molecule has 116 valence electrons. The molecule has 0 atom stereocenters. The number of amides is 2. The minimum Gasteiger partial charge on any atom is -0.404 e. The first-order valence-corrected chi connectivity index (χ1v) is 7.25. The third kappa shape index (κ3) is 5.11. The fraction of sp³-hybridized carbons (Fsp3) is 0.462. The predicted molar refractivity (Wildman–Crippen MR) is 75.2 cm³/mol. The number of nitrogens with one attached hydrogen (secondary N) is 2. The first-order valence-electron chi connectivity index (χ1n) is 6.46. The smallest absolute Gasteiger partial charge is 0.404 e. The zero-order valence-electron chi connectivity index (χ0n) is 11.0. The molecular weight excluding hydrogens is 353 g/mol. The molecule has 0 spiro atoms. The highest BCUT2D eigenvalue weighted by molar-refractivity contribution is 9.10. The number of urea groups is 1. The molecule has 1 aliphatic rings. The summed E-state index contributed by atoms with van der Waals surface area (Å²) in [5.74, 6) is -0.460. The lowest BCUT2D eigenvalue weighted by atomic mass is 10.2. The Bertz CT molecular complexity index is 517. The number of benzene rings is 1. The van der Waals surface area contributed by atoms with Crippen LogP contribution in [0.3, 0.4) is 0 Å². The molecule has 1 aromatic carbocycles. The average molecular weight is 367 g/mol. The zero-order chi connectivity index (χ0) is 15.5. The summed E-state index contributed by atoms with van der Waals surface area (Å²) < 4.78 is 41.4. The van der Waals surface area contributed by atoms with Gasteiger partial charge in [0.25, 0.3) is 0 Å². The molecule has 8 heteroatoms. The van der Waals surface area contributed by atoms with Crippen LogP contribution in [-0.4, -0.2) is 18.4 Å². The van der Waals surface area contributed by atoms with Crippen molar-refractivity contribution in [1.29, 1.82) is 0 Å². The Labute approximate surface area is 128 Å². The van der Waals surface area contributed by atoms with Crippen LogP contribution in [0.4, 0.5) is 23.7 Å². The lowest BCUT2D eigenvalue weighted by molar-refractivity contribution is -0.274. The number of anilines is 1. The Hall–Kier alpha value is -1.44. The lowest BCUT2D eigenvalue weighted by Crippen LogP contribution is -2.36. The first-order chi connectivity index (χ1) is 9.83. The average Bonchev–Trinajstić information content (AvgIpc) is 2.83. The second kappa shape index (κ2) is 6.55. The fourth-order valence-electron chi connectivity index (χ4n) is 2.22. The van der Waals surface area contributed by atoms with Crippen LogP contribution < -0.4 is 15.4 Å². The maximum Gasteiger partial charge on any atom is 0.573 e. The highest BCUT2D eigenvalue weighted by atomic mass is 79.9. The van der Waals surface area contributed by atoms with Crippen LogP contribution in [0.1, 0.15) is 25.7 Å². The molecule has 2 rings (SSSR count). The zero-order valence-corrected chi connectivity index (χ0v) is 12.6. The van der Waals surface area contributed by atoms with Gasteiger partial charge in [0, 0.05) is 10.5 Å². The summed E-state index contributed by atoms with van der Waals surface area (Å²) in [6.45, 7) is 0. The molecule has 0 saturated heterocycles. The van der Waals surface area contributed by atoms with Gasteiger partial charge in [-0.2, -0.15) is 0 Å². The van der Waals surface area contributed by atoms with E-state index in [0.717, 1.165) is 31.7 Å². The molecule has 1 aromatic rings. The summed E-state index contributed by atoms with van der Waals surface area (Å²) in [6, 6.07) is 3.57. The summed E-state index contributed by atoms with van der Waals surface area (Å²) in [4.78, 5) is 11.8. The third-order valence-electron chi connectivity index (χ3n) is 3.11. The molecule has 0 unspecified atom stereocenters. The number of ether oxygens (including phenoxy) is 1. The Kier molecular flexibility index (Phi) is 4.97. The second-order valence-electron chi connectivity index (χ2n) is 4.77. The van der Waals surface area contributed by atoms with Gasteiger partial charge in [-0.05, 0) is 31.0 Å². The van der Waals surface area contributed by atoms with Crippen molar-refractivity contribution < 1.29 is 22.7 Å². The van der Waals surface area contributed by atoms with Gasteiger partial charge >= 0.3 is 12.4 Å². The van der Waals surface area contributed by atoms with Gasteiger partial charge in [-0.15, -0.1) is 13.2 Å². The van der Waals surface area contributed by atoms with E-state index in [1.807, 2.05) is 0 Å².